The molecular weight excluding hydrogens is 512 g/mol. The third-order valence-corrected chi connectivity index (χ3v) is 10.0. The second-order valence-electron chi connectivity index (χ2n) is 12.2. The van der Waals surface area contributed by atoms with Gasteiger partial charge in [0.05, 0.1) is 43.3 Å². The third-order valence-electron chi connectivity index (χ3n) is 10.0. The monoisotopic (exact) mass is 556 g/mol. The summed E-state index contributed by atoms with van der Waals surface area (Å²) in [6, 6.07) is 7.69. The number of ether oxygens (including phenoxy) is 2. The summed E-state index contributed by atoms with van der Waals surface area (Å²) >= 11 is 0. The van der Waals surface area contributed by atoms with Crippen LogP contribution < -0.4 is 10.6 Å². The Hall–Kier alpha value is -2.53. The van der Waals surface area contributed by atoms with Gasteiger partial charge in [-0.05, 0) is 37.3 Å². The number of aliphatic hydroxyl groups is 1. The van der Waals surface area contributed by atoms with Crippen molar-refractivity contribution < 1.29 is 29.0 Å². The van der Waals surface area contributed by atoms with Crippen molar-refractivity contribution in [2.45, 2.75) is 63.8 Å². The zero-order valence-corrected chi connectivity index (χ0v) is 24.1. The van der Waals surface area contributed by atoms with Gasteiger partial charge in [-0.15, -0.1) is 0 Å². The van der Waals surface area contributed by atoms with E-state index in [1.807, 2.05) is 58.0 Å². The van der Waals surface area contributed by atoms with Crippen LogP contribution in [0.3, 0.4) is 0 Å². The summed E-state index contributed by atoms with van der Waals surface area (Å²) in [4.78, 5) is 46.1. The molecule has 3 unspecified atom stereocenters. The van der Waals surface area contributed by atoms with E-state index in [2.05, 4.69) is 15.5 Å². The van der Waals surface area contributed by atoms with Gasteiger partial charge >= 0.3 is 0 Å². The fourth-order valence-corrected chi connectivity index (χ4v) is 7.55. The number of para-hydroxylation sites is 1. The lowest BCUT2D eigenvalue weighted by Crippen LogP contribution is -2.59. The van der Waals surface area contributed by atoms with Crippen LogP contribution in [-0.4, -0.2) is 102 Å². The number of carbonyl (C=O) groups excluding carboxylic acids is 3. The average molecular weight is 557 g/mol. The van der Waals surface area contributed by atoms with E-state index in [1.54, 1.807) is 4.90 Å². The molecule has 5 rings (SSSR count). The highest BCUT2D eigenvalue weighted by Gasteiger charge is 2.80. The fourth-order valence-electron chi connectivity index (χ4n) is 7.55. The third kappa shape index (κ3) is 4.72. The average Bonchev–Trinajstić information content (AvgIpc) is 3.47. The van der Waals surface area contributed by atoms with Gasteiger partial charge in [0.1, 0.15) is 11.6 Å². The molecule has 0 radical (unpaired) electrons. The van der Waals surface area contributed by atoms with Crippen molar-refractivity contribution in [2.75, 3.05) is 51.3 Å². The fraction of sp³-hybridized carbons (Fsp3) is 0.700. The van der Waals surface area contributed by atoms with Crippen molar-refractivity contribution in [1.29, 1.82) is 0 Å². The van der Waals surface area contributed by atoms with Crippen LogP contribution in [0.4, 0.5) is 5.69 Å². The first-order chi connectivity index (χ1) is 19.2. The first-order valence-corrected chi connectivity index (χ1v) is 14.7. The molecule has 4 aliphatic heterocycles. The molecule has 1 aromatic rings. The number of rotatable bonds is 10. The maximum atomic E-state index is 14.4. The van der Waals surface area contributed by atoms with Gasteiger partial charge < -0.3 is 30.1 Å². The number of anilines is 1. The molecule has 40 heavy (non-hydrogen) atoms. The van der Waals surface area contributed by atoms with E-state index >= 15 is 0 Å². The summed E-state index contributed by atoms with van der Waals surface area (Å²) in [5.41, 5.74) is -1.40. The minimum atomic E-state index is -1.14. The summed E-state index contributed by atoms with van der Waals surface area (Å²) in [6.07, 6.45) is 1.22. The molecule has 4 fully saturated rings. The molecule has 4 aliphatic rings. The van der Waals surface area contributed by atoms with Crippen molar-refractivity contribution in [2.24, 2.45) is 23.7 Å². The summed E-state index contributed by atoms with van der Waals surface area (Å²) in [5.74, 6) is -2.53. The molecule has 2 bridgehead atoms. The number of amides is 3. The Morgan fingerprint density at radius 3 is 2.52 bits per heavy atom. The smallest absolute Gasteiger partial charge is 0.245 e. The number of fused-ring (bicyclic) bond motifs is 1. The van der Waals surface area contributed by atoms with Crippen molar-refractivity contribution >= 4 is 23.4 Å². The molecular formula is C30H44N4O6. The SMILES string of the molecule is CC[C@H](C)[C@H](CO)N1C(=O)[C@@H]2[C@H](C(=O)Nc3ccccc3)[C@@]3(C)OC2(CC3C)C1C(=O)NCCN1CCOCC1. The Bertz CT molecular complexity index is 1100. The van der Waals surface area contributed by atoms with Gasteiger partial charge in [-0.2, -0.15) is 0 Å². The normalized spacial score (nSPS) is 34.9. The van der Waals surface area contributed by atoms with Gasteiger partial charge in [0.15, 0.2) is 0 Å². The number of morpholine rings is 1. The molecule has 1 spiro atoms. The number of hydrogen-bond donors (Lipinski definition) is 3. The molecule has 3 N–H and O–H groups in total. The minimum absolute atomic E-state index is 0.0466. The number of aliphatic hydroxyl groups excluding tert-OH is 1. The van der Waals surface area contributed by atoms with E-state index in [1.165, 1.54) is 0 Å². The van der Waals surface area contributed by atoms with E-state index in [4.69, 9.17) is 9.47 Å². The lowest BCUT2D eigenvalue weighted by Gasteiger charge is -2.39. The molecule has 220 valence electrons. The van der Waals surface area contributed by atoms with E-state index in [0.717, 1.165) is 19.5 Å². The molecule has 4 heterocycles. The van der Waals surface area contributed by atoms with Gasteiger partial charge in [-0.3, -0.25) is 19.3 Å². The molecule has 10 heteroatoms. The first kappa shape index (κ1) is 29.0. The number of likely N-dealkylation sites (tertiary alicyclic amines) is 1. The molecule has 0 aromatic heterocycles. The Morgan fingerprint density at radius 1 is 1.18 bits per heavy atom. The maximum Gasteiger partial charge on any atom is 0.245 e. The zero-order valence-electron chi connectivity index (χ0n) is 24.1. The second-order valence-corrected chi connectivity index (χ2v) is 12.2. The summed E-state index contributed by atoms with van der Waals surface area (Å²) in [6.45, 7) is 11.7. The molecule has 0 saturated carbocycles. The minimum Gasteiger partial charge on any atom is -0.394 e. The predicted molar refractivity (Wildman–Crippen MR) is 149 cm³/mol. The number of carbonyl (C=O) groups is 3. The highest BCUT2D eigenvalue weighted by atomic mass is 16.5. The Balaban J connectivity index is 1.47. The summed E-state index contributed by atoms with van der Waals surface area (Å²) in [5, 5.41) is 16.6. The zero-order chi connectivity index (χ0) is 28.7. The van der Waals surface area contributed by atoms with Crippen LogP contribution in [0.15, 0.2) is 30.3 Å². The lowest BCUT2D eigenvalue weighted by molar-refractivity contribution is -0.151. The molecule has 4 saturated heterocycles. The number of nitrogens with one attached hydrogen (secondary N) is 2. The quantitative estimate of drug-likeness (QED) is 0.399. The topological polar surface area (TPSA) is 120 Å². The van der Waals surface area contributed by atoms with Gasteiger partial charge in [-0.1, -0.05) is 45.4 Å². The first-order valence-electron chi connectivity index (χ1n) is 14.7. The number of benzene rings is 1. The van der Waals surface area contributed by atoms with E-state index in [-0.39, 0.29) is 36.2 Å². The van der Waals surface area contributed by atoms with Crippen LogP contribution >= 0.6 is 0 Å². The van der Waals surface area contributed by atoms with Crippen LogP contribution in [0.5, 0.6) is 0 Å². The molecule has 3 amide bonds. The van der Waals surface area contributed by atoms with Crippen LogP contribution in [0.2, 0.25) is 0 Å². The van der Waals surface area contributed by atoms with Gasteiger partial charge in [0.25, 0.3) is 0 Å². The lowest BCUT2D eigenvalue weighted by atomic mass is 9.62. The number of nitrogens with zero attached hydrogens (tertiary/aromatic N) is 2. The van der Waals surface area contributed by atoms with Gasteiger partial charge in [-0.25, -0.2) is 0 Å². The molecule has 10 nitrogen and oxygen atoms in total. The highest BCUT2D eigenvalue weighted by Crippen LogP contribution is 2.65. The van der Waals surface area contributed by atoms with Crippen LogP contribution in [0.1, 0.15) is 40.5 Å². The van der Waals surface area contributed by atoms with Crippen molar-refractivity contribution in [3.8, 4) is 0 Å². The molecule has 0 aliphatic carbocycles. The van der Waals surface area contributed by atoms with Gasteiger partial charge in [0.2, 0.25) is 17.7 Å². The van der Waals surface area contributed by atoms with Crippen molar-refractivity contribution in [1.82, 2.24) is 15.1 Å². The maximum absolute atomic E-state index is 14.4. The van der Waals surface area contributed by atoms with Crippen LogP contribution in [0, 0.1) is 23.7 Å². The van der Waals surface area contributed by atoms with Crippen molar-refractivity contribution in [3.63, 3.8) is 0 Å². The van der Waals surface area contributed by atoms with Gasteiger partial charge in [0, 0.05) is 31.9 Å². The van der Waals surface area contributed by atoms with E-state index < -0.39 is 35.1 Å². The van der Waals surface area contributed by atoms with E-state index in [0.29, 0.717) is 38.4 Å². The predicted octanol–water partition coefficient (Wildman–Crippen LogP) is 1.49. The molecule has 8 atom stereocenters. The van der Waals surface area contributed by atoms with Crippen LogP contribution in [0.25, 0.3) is 0 Å². The second kappa shape index (κ2) is 11.4. The summed E-state index contributed by atoms with van der Waals surface area (Å²) < 4.78 is 12.2. The Kier molecular flexibility index (Phi) is 8.25. The Labute approximate surface area is 236 Å². The van der Waals surface area contributed by atoms with E-state index in [9.17, 15) is 19.5 Å². The highest BCUT2D eigenvalue weighted by molar-refractivity contribution is 6.02. The van der Waals surface area contributed by atoms with Crippen molar-refractivity contribution in [3.05, 3.63) is 30.3 Å². The Morgan fingerprint density at radius 2 is 1.88 bits per heavy atom. The van der Waals surface area contributed by atoms with Crippen LogP contribution in [-0.2, 0) is 23.9 Å². The largest absolute Gasteiger partial charge is 0.394 e. The standard InChI is InChI=1S/C30H44N4O6/c1-5-19(2)22(18-35)34-25(27(37)31-11-12-33-13-15-39-16-14-33)30-17-20(3)29(4,40-30)23(24(30)28(34)38)26(36)32-21-9-7-6-8-10-21/h6-10,19-20,22-25,35H,5,11-18H2,1-4H3,(H,31,37)(H,32,36)/t19-,20?,22-,23+,24-,25?,29-,30?/m0/s1. The molecule has 1 aromatic carbocycles. The summed E-state index contributed by atoms with van der Waals surface area (Å²) in [7, 11) is 0. The number of hydrogen-bond acceptors (Lipinski definition) is 7.